The number of hydrogen-bond donors (Lipinski definition) is 0. The number of cyclic esters (lactones) is 1. The summed E-state index contributed by atoms with van der Waals surface area (Å²) in [5.74, 6) is -0.290. The zero-order valence-electron chi connectivity index (χ0n) is 4.96. The van der Waals surface area contributed by atoms with Crippen molar-refractivity contribution < 1.29 is 14.3 Å². The van der Waals surface area contributed by atoms with Crippen LogP contribution in [0, 0.1) is 0 Å². The molecule has 0 aromatic heterocycles. The summed E-state index contributed by atoms with van der Waals surface area (Å²) in [7, 11) is 1.46. The third kappa shape index (κ3) is 1.34. The molecule has 2 unspecified atom stereocenters. The highest BCUT2D eigenvalue weighted by Crippen LogP contribution is 2.20. The van der Waals surface area contributed by atoms with E-state index in [0.717, 1.165) is 0 Å². The zero-order valence-corrected chi connectivity index (χ0v) is 5.72. The maximum atomic E-state index is 10.4. The van der Waals surface area contributed by atoms with Crippen molar-refractivity contribution in [2.45, 2.75) is 18.1 Å². The molecule has 0 saturated carbocycles. The van der Waals surface area contributed by atoms with Crippen molar-refractivity contribution in [1.29, 1.82) is 0 Å². The van der Waals surface area contributed by atoms with Crippen LogP contribution in [0.5, 0.6) is 0 Å². The molecule has 0 radical (unpaired) electrons. The van der Waals surface area contributed by atoms with Crippen molar-refractivity contribution in [3.63, 3.8) is 0 Å². The van der Waals surface area contributed by atoms with Gasteiger partial charge in [-0.3, -0.25) is 4.79 Å². The summed E-state index contributed by atoms with van der Waals surface area (Å²) in [6, 6.07) is 0. The van der Waals surface area contributed by atoms with Gasteiger partial charge in [-0.2, -0.15) is 0 Å². The van der Waals surface area contributed by atoms with E-state index in [9.17, 15) is 4.79 Å². The molecular weight excluding hydrogens is 144 g/mol. The first kappa shape index (κ1) is 6.83. The summed E-state index contributed by atoms with van der Waals surface area (Å²) in [6.07, 6.45) is -0.292. The molecule has 52 valence electrons. The molecule has 3 nitrogen and oxygen atoms in total. The summed E-state index contributed by atoms with van der Waals surface area (Å²) in [5.41, 5.74) is 0. The van der Waals surface area contributed by atoms with Crippen LogP contribution in [0.15, 0.2) is 0 Å². The lowest BCUT2D eigenvalue weighted by atomic mass is 10.3. The number of carbonyl (C=O) groups excluding carboxylic acids is 1. The van der Waals surface area contributed by atoms with Crippen LogP contribution in [0.3, 0.4) is 0 Å². The molecule has 1 aliphatic rings. The topological polar surface area (TPSA) is 35.5 Å². The second-order valence-corrected chi connectivity index (χ2v) is 2.37. The van der Waals surface area contributed by atoms with E-state index in [1.165, 1.54) is 7.11 Å². The first-order valence-corrected chi connectivity index (χ1v) is 3.04. The molecule has 4 heteroatoms. The van der Waals surface area contributed by atoms with Gasteiger partial charge in [-0.25, -0.2) is 0 Å². The van der Waals surface area contributed by atoms with Crippen molar-refractivity contribution in [2.24, 2.45) is 0 Å². The van der Waals surface area contributed by atoms with E-state index in [-0.39, 0.29) is 17.8 Å². The van der Waals surface area contributed by atoms with E-state index in [2.05, 4.69) is 4.74 Å². The van der Waals surface area contributed by atoms with Gasteiger partial charge in [0.2, 0.25) is 6.29 Å². The minimum absolute atomic E-state index is 0.250. The summed E-state index contributed by atoms with van der Waals surface area (Å²) >= 11 is 5.60. The van der Waals surface area contributed by atoms with E-state index in [1.54, 1.807) is 0 Å². The van der Waals surface area contributed by atoms with Gasteiger partial charge in [0.25, 0.3) is 0 Å². The minimum Gasteiger partial charge on any atom is -0.434 e. The third-order valence-electron chi connectivity index (χ3n) is 1.14. The molecule has 0 aromatic rings. The Morgan fingerprint density at radius 3 is 2.78 bits per heavy atom. The smallest absolute Gasteiger partial charge is 0.309 e. The Balaban J connectivity index is 2.47. The average molecular weight is 151 g/mol. The fourth-order valence-electron chi connectivity index (χ4n) is 0.703. The zero-order chi connectivity index (χ0) is 6.85. The number of ether oxygens (including phenoxy) is 2. The first-order chi connectivity index (χ1) is 4.24. The van der Waals surface area contributed by atoms with Gasteiger partial charge < -0.3 is 9.47 Å². The lowest BCUT2D eigenvalue weighted by Gasteiger charge is -2.07. The molecule has 0 spiro atoms. The molecule has 1 fully saturated rings. The Morgan fingerprint density at radius 2 is 2.56 bits per heavy atom. The van der Waals surface area contributed by atoms with Crippen LogP contribution >= 0.6 is 11.6 Å². The van der Waals surface area contributed by atoms with Crippen molar-refractivity contribution in [2.75, 3.05) is 7.11 Å². The first-order valence-electron chi connectivity index (χ1n) is 2.60. The predicted octanol–water partition coefficient (Wildman–Crippen LogP) is 0.513. The van der Waals surface area contributed by atoms with E-state index in [4.69, 9.17) is 16.3 Å². The molecule has 0 aromatic carbocycles. The molecule has 1 heterocycles. The fourth-order valence-corrected chi connectivity index (χ4v) is 0.983. The highest BCUT2D eigenvalue weighted by atomic mass is 35.5. The second kappa shape index (κ2) is 2.54. The van der Waals surface area contributed by atoms with Crippen LogP contribution in [0.1, 0.15) is 6.42 Å². The van der Waals surface area contributed by atoms with Gasteiger partial charge in [-0.05, 0) is 0 Å². The van der Waals surface area contributed by atoms with Crippen molar-refractivity contribution in [3.8, 4) is 0 Å². The number of alkyl halides is 1. The van der Waals surface area contributed by atoms with Crippen LogP contribution < -0.4 is 0 Å². The molecule has 0 amide bonds. The summed E-state index contributed by atoms with van der Waals surface area (Å²) in [4.78, 5) is 10.4. The van der Waals surface area contributed by atoms with Crippen LogP contribution in [-0.2, 0) is 14.3 Å². The van der Waals surface area contributed by atoms with Crippen LogP contribution in [0.2, 0.25) is 0 Å². The SMILES string of the molecule is COC1OC(=O)CC1Cl. The number of methoxy groups -OCH3 is 1. The number of hydrogen-bond acceptors (Lipinski definition) is 3. The number of rotatable bonds is 1. The van der Waals surface area contributed by atoms with Gasteiger partial charge in [0.1, 0.15) is 5.38 Å². The molecule has 0 aliphatic carbocycles. The Morgan fingerprint density at radius 1 is 1.89 bits per heavy atom. The second-order valence-electron chi connectivity index (χ2n) is 1.81. The lowest BCUT2D eigenvalue weighted by molar-refractivity contribution is -0.157. The Labute approximate surface area is 57.9 Å². The quantitative estimate of drug-likeness (QED) is 0.404. The van der Waals surface area contributed by atoms with Gasteiger partial charge in [0.15, 0.2) is 0 Å². The van der Waals surface area contributed by atoms with Gasteiger partial charge >= 0.3 is 5.97 Å². The number of carbonyl (C=O) groups is 1. The molecule has 1 aliphatic heterocycles. The van der Waals surface area contributed by atoms with Crippen LogP contribution in [0.25, 0.3) is 0 Å². The largest absolute Gasteiger partial charge is 0.434 e. The van der Waals surface area contributed by atoms with Crippen molar-refractivity contribution in [1.82, 2.24) is 0 Å². The van der Waals surface area contributed by atoms with Crippen molar-refractivity contribution in [3.05, 3.63) is 0 Å². The summed E-state index contributed by atoms with van der Waals surface area (Å²) in [5, 5.41) is -0.317. The Bertz CT molecular complexity index is 125. The van der Waals surface area contributed by atoms with Crippen molar-refractivity contribution >= 4 is 17.6 Å². The third-order valence-corrected chi connectivity index (χ3v) is 1.50. The highest BCUT2D eigenvalue weighted by molar-refractivity contribution is 6.22. The van der Waals surface area contributed by atoms with E-state index < -0.39 is 6.29 Å². The molecule has 9 heavy (non-hydrogen) atoms. The normalized spacial score (nSPS) is 34.7. The van der Waals surface area contributed by atoms with Crippen LogP contribution in [-0.4, -0.2) is 24.7 Å². The minimum atomic E-state index is -0.542. The van der Waals surface area contributed by atoms with Gasteiger partial charge in [0.05, 0.1) is 6.42 Å². The molecule has 1 rings (SSSR count). The van der Waals surface area contributed by atoms with Gasteiger partial charge in [-0.1, -0.05) is 0 Å². The molecule has 1 saturated heterocycles. The van der Waals surface area contributed by atoms with E-state index in [1.807, 2.05) is 0 Å². The lowest BCUT2D eigenvalue weighted by Crippen LogP contribution is -2.17. The monoisotopic (exact) mass is 150 g/mol. The number of esters is 1. The average Bonchev–Trinajstić information content (AvgIpc) is 2.10. The number of halogens is 1. The Hall–Kier alpha value is -0.280. The van der Waals surface area contributed by atoms with Gasteiger partial charge in [0, 0.05) is 7.11 Å². The molecule has 0 N–H and O–H groups in total. The summed E-state index contributed by atoms with van der Waals surface area (Å²) in [6.45, 7) is 0. The van der Waals surface area contributed by atoms with E-state index >= 15 is 0 Å². The standard InChI is InChI=1S/C5H7ClO3/c1-8-5-3(6)2-4(7)9-5/h3,5H,2H2,1H3. The maximum absolute atomic E-state index is 10.4. The predicted molar refractivity (Wildman–Crippen MR) is 31.1 cm³/mol. The van der Waals surface area contributed by atoms with Gasteiger partial charge in [-0.15, -0.1) is 11.6 Å². The molecule has 0 bridgehead atoms. The van der Waals surface area contributed by atoms with Crippen LogP contribution in [0.4, 0.5) is 0 Å². The van der Waals surface area contributed by atoms with E-state index in [0.29, 0.717) is 0 Å². The summed E-state index contributed by atoms with van der Waals surface area (Å²) < 4.78 is 9.35. The molecular formula is C5H7ClO3. The fraction of sp³-hybridized carbons (Fsp3) is 0.800. The molecule has 2 atom stereocenters. The maximum Gasteiger partial charge on any atom is 0.309 e. The Kier molecular flexibility index (Phi) is 1.93. The highest BCUT2D eigenvalue weighted by Gasteiger charge is 2.32.